The largest absolute Gasteiger partial charge is 0.323 e. The zero-order chi connectivity index (χ0) is 16.4. The number of fused-ring (bicyclic) bond motifs is 1. The van der Waals surface area contributed by atoms with E-state index in [1.54, 1.807) is 24.3 Å². The number of benzene rings is 2. The topological polar surface area (TPSA) is 74.8 Å². The van der Waals surface area contributed by atoms with Gasteiger partial charge in [0, 0.05) is 10.4 Å². The Morgan fingerprint density at radius 3 is 2.70 bits per heavy atom. The SMILES string of the molecule is O=C(Cc1n[nH]c(=O)c2ccccc12)Nc1ccc(Cl)cc1F. The average molecular weight is 332 g/mol. The van der Waals surface area contributed by atoms with Crippen LogP contribution in [-0.4, -0.2) is 16.1 Å². The Balaban J connectivity index is 1.86. The molecule has 3 aromatic rings. The summed E-state index contributed by atoms with van der Waals surface area (Å²) in [5.41, 5.74) is 0.119. The molecule has 0 atom stereocenters. The second kappa shape index (κ2) is 6.18. The maximum Gasteiger partial charge on any atom is 0.272 e. The van der Waals surface area contributed by atoms with Crippen LogP contribution >= 0.6 is 11.6 Å². The van der Waals surface area contributed by atoms with Gasteiger partial charge in [-0.2, -0.15) is 5.10 Å². The fraction of sp³-hybridized carbons (Fsp3) is 0.0625. The summed E-state index contributed by atoms with van der Waals surface area (Å²) < 4.78 is 13.7. The van der Waals surface area contributed by atoms with Crippen LogP contribution in [0.15, 0.2) is 47.3 Å². The molecule has 0 fully saturated rings. The van der Waals surface area contributed by atoms with Crippen LogP contribution in [0.5, 0.6) is 0 Å². The van der Waals surface area contributed by atoms with Gasteiger partial charge in [-0.15, -0.1) is 0 Å². The van der Waals surface area contributed by atoms with Gasteiger partial charge in [0.25, 0.3) is 5.56 Å². The normalized spacial score (nSPS) is 10.7. The van der Waals surface area contributed by atoms with E-state index in [0.29, 0.717) is 16.5 Å². The summed E-state index contributed by atoms with van der Waals surface area (Å²) in [4.78, 5) is 23.8. The number of nitrogens with one attached hydrogen (secondary N) is 2. The van der Waals surface area contributed by atoms with Gasteiger partial charge in [0.15, 0.2) is 0 Å². The summed E-state index contributed by atoms with van der Waals surface area (Å²) >= 11 is 5.67. The maximum atomic E-state index is 13.7. The van der Waals surface area contributed by atoms with Gasteiger partial charge in [-0.3, -0.25) is 9.59 Å². The van der Waals surface area contributed by atoms with Gasteiger partial charge in [-0.1, -0.05) is 29.8 Å². The number of anilines is 1. The molecule has 5 nitrogen and oxygen atoms in total. The predicted octanol–water partition coefficient (Wildman–Crippen LogP) is 2.90. The number of nitrogens with zero attached hydrogens (tertiary/aromatic N) is 1. The van der Waals surface area contributed by atoms with Crippen LogP contribution in [0.25, 0.3) is 10.8 Å². The van der Waals surface area contributed by atoms with Crippen LogP contribution in [0.3, 0.4) is 0 Å². The van der Waals surface area contributed by atoms with Gasteiger partial charge in [0.2, 0.25) is 5.91 Å². The Morgan fingerprint density at radius 1 is 1.22 bits per heavy atom. The van der Waals surface area contributed by atoms with Gasteiger partial charge >= 0.3 is 0 Å². The van der Waals surface area contributed by atoms with E-state index < -0.39 is 11.7 Å². The smallest absolute Gasteiger partial charge is 0.272 e. The third-order valence-corrected chi connectivity index (χ3v) is 3.54. The molecule has 0 saturated heterocycles. The number of halogens is 2. The molecule has 116 valence electrons. The Bertz CT molecular complexity index is 955. The Kier molecular flexibility index (Phi) is 4.08. The van der Waals surface area contributed by atoms with Gasteiger partial charge < -0.3 is 5.32 Å². The number of hydrogen-bond acceptors (Lipinski definition) is 3. The molecule has 1 amide bonds. The summed E-state index contributed by atoms with van der Waals surface area (Å²) in [6.45, 7) is 0. The van der Waals surface area contributed by atoms with Gasteiger partial charge in [0.05, 0.1) is 23.2 Å². The lowest BCUT2D eigenvalue weighted by molar-refractivity contribution is -0.115. The highest BCUT2D eigenvalue weighted by Crippen LogP contribution is 2.19. The number of aromatic amines is 1. The molecule has 0 radical (unpaired) electrons. The van der Waals surface area contributed by atoms with Gasteiger partial charge in [0.1, 0.15) is 5.82 Å². The Hall–Kier alpha value is -2.73. The van der Waals surface area contributed by atoms with Crippen LogP contribution < -0.4 is 10.9 Å². The van der Waals surface area contributed by atoms with Crippen molar-refractivity contribution in [2.24, 2.45) is 0 Å². The highest BCUT2D eigenvalue weighted by molar-refractivity contribution is 6.30. The van der Waals surface area contributed by atoms with Gasteiger partial charge in [-0.25, -0.2) is 9.49 Å². The van der Waals surface area contributed by atoms with Crippen molar-refractivity contribution in [2.75, 3.05) is 5.32 Å². The van der Waals surface area contributed by atoms with Crippen molar-refractivity contribution in [3.8, 4) is 0 Å². The minimum Gasteiger partial charge on any atom is -0.323 e. The molecular weight excluding hydrogens is 321 g/mol. The minimum absolute atomic E-state index is 0.0353. The Labute approximate surface area is 135 Å². The fourth-order valence-electron chi connectivity index (χ4n) is 2.24. The fourth-order valence-corrected chi connectivity index (χ4v) is 2.40. The molecule has 3 rings (SSSR count). The van der Waals surface area contributed by atoms with E-state index >= 15 is 0 Å². The van der Waals surface area contributed by atoms with E-state index in [0.717, 1.165) is 6.07 Å². The zero-order valence-electron chi connectivity index (χ0n) is 11.8. The number of carbonyl (C=O) groups excluding carboxylic acids is 1. The van der Waals surface area contributed by atoms with E-state index in [1.807, 2.05) is 0 Å². The molecule has 0 aliphatic heterocycles. The molecule has 2 N–H and O–H groups in total. The van der Waals surface area contributed by atoms with Crippen LogP contribution in [0.2, 0.25) is 5.02 Å². The van der Waals surface area contributed by atoms with Crippen molar-refractivity contribution in [1.29, 1.82) is 0 Å². The number of H-pyrrole nitrogens is 1. The molecule has 0 aliphatic rings. The first-order valence-corrected chi connectivity index (χ1v) is 7.13. The number of hydrogen-bond donors (Lipinski definition) is 2. The molecule has 0 spiro atoms. The molecule has 7 heteroatoms. The molecule has 23 heavy (non-hydrogen) atoms. The quantitative estimate of drug-likeness (QED) is 0.775. The summed E-state index contributed by atoms with van der Waals surface area (Å²) in [7, 11) is 0. The second-order valence-corrected chi connectivity index (χ2v) is 5.33. The van der Waals surface area contributed by atoms with E-state index in [1.165, 1.54) is 12.1 Å². The van der Waals surface area contributed by atoms with Gasteiger partial charge in [-0.05, 0) is 24.3 Å². The number of aromatic nitrogens is 2. The lowest BCUT2D eigenvalue weighted by Crippen LogP contribution is -2.19. The van der Waals surface area contributed by atoms with Crippen molar-refractivity contribution in [3.63, 3.8) is 0 Å². The third kappa shape index (κ3) is 3.22. The van der Waals surface area contributed by atoms with Crippen molar-refractivity contribution < 1.29 is 9.18 Å². The minimum atomic E-state index is -0.620. The monoisotopic (exact) mass is 331 g/mol. The second-order valence-electron chi connectivity index (χ2n) is 4.89. The summed E-state index contributed by atoms with van der Waals surface area (Å²) in [6, 6.07) is 10.8. The molecule has 0 unspecified atom stereocenters. The first kappa shape index (κ1) is 15.2. The highest BCUT2D eigenvalue weighted by Gasteiger charge is 2.12. The van der Waals surface area contributed by atoms with E-state index in [4.69, 9.17) is 11.6 Å². The van der Waals surface area contributed by atoms with E-state index in [2.05, 4.69) is 15.5 Å². The first-order valence-electron chi connectivity index (χ1n) is 6.76. The summed E-state index contributed by atoms with van der Waals surface area (Å²) in [6.07, 6.45) is -0.0979. The van der Waals surface area contributed by atoms with Crippen molar-refractivity contribution in [2.45, 2.75) is 6.42 Å². The molecule has 0 bridgehead atoms. The molecule has 1 heterocycles. The summed E-state index contributed by atoms with van der Waals surface area (Å²) in [5.74, 6) is -1.07. The molecule has 0 aliphatic carbocycles. The van der Waals surface area contributed by atoms with Crippen LogP contribution in [-0.2, 0) is 11.2 Å². The van der Waals surface area contributed by atoms with E-state index in [9.17, 15) is 14.0 Å². The average Bonchev–Trinajstić information content (AvgIpc) is 2.53. The number of rotatable bonds is 3. The number of carbonyl (C=O) groups is 1. The third-order valence-electron chi connectivity index (χ3n) is 3.31. The highest BCUT2D eigenvalue weighted by atomic mass is 35.5. The lowest BCUT2D eigenvalue weighted by Gasteiger charge is -2.07. The van der Waals surface area contributed by atoms with Crippen molar-refractivity contribution in [3.05, 3.63) is 69.4 Å². The molecule has 2 aromatic carbocycles. The standard InChI is InChI=1S/C16H11ClFN3O2/c17-9-5-6-13(12(18)7-9)19-15(22)8-14-10-3-1-2-4-11(10)16(23)21-20-14/h1-7H,8H2,(H,19,22)(H,21,23). The molecule has 0 saturated carbocycles. The number of amides is 1. The van der Waals surface area contributed by atoms with Crippen LogP contribution in [0, 0.1) is 5.82 Å². The first-order chi connectivity index (χ1) is 11.0. The van der Waals surface area contributed by atoms with Crippen LogP contribution in [0.1, 0.15) is 5.69 Å². The summed E-state index contributed by atoms with van der Waals surface area (Å²) in [5, 5.41) is 10.0. The molecule has 1 aromatic heterocycles. The zero-order valence-corrected chi connectivity index (χ0v) is 12.5. The van der Waals surface area contributed by atoms with E-state index in [-0.39, 0.29) is 22.7 Å². The lowest BCUT2D eigenvalue weighted by atomic mass is 10.1. The Morgan fingerprint density at radius 2 is 1.96 bits per heavy atom. The van der Waals surface area contributed by atoms with Crippen molar-refractivity contribution in [1.82, 2.24) is 10.2 Å². The predicted molar refractivity (Wildman–Crippen MR) is 86.1 cm³/mol. The van der Waals surface area contributed by atoms with Crippen molar-refractivity contribution >= 4 is 34.0 Å². The van der Waals surface area contributed by atoms with Crippen LogP contribution in [0.4, 0.5) is 10.1 Å². The maximum absolute atomic E-state index is 13.7. The molecular formula is C16H11ClFN3O2.